The molecule has 0 atom stereocenters. The quantitative estimate of drug-likeness (QED) is 0.682. The molecule has 4 nitrogen and oxygen atoms in total. The van der Waals surface area contributed by atoms with Crippen LogP contribution in [0.5, 0.6) is 0 Å². The van der Waals surface area contributed by atoms with E-state index in [9.17, 15) is 34.8 Å². The molecule has 13 heteroatoms. The minimum atomic E-state index is -5.67. The van der Waals surface area contributed by atoms with Crippen molar-refractivity contribution in [3.8, 4) is 5.69 Å². The second kappa shape index (κ2) is 5.81. The Hall–Kier alpha value is -1.46. The molecule has 0 bridgehead atoms. The lowest BCUT2D eigenvalue weighted by Crippen LogP contribution is -2.22. The Kier molecular flexibility index (Phi) is 4.57. The minimum Gasteiger partial charge on any atom is -0.237 e. The Morgan fingerprint density at radius 1 is 1.00 bits per heavy atom. The average Bonchev–Trinajstić information content (AvgIpc) is 2.85. The first-order chi connectivity index (χ1) is 10.7. The maximum absolute atomic E-state index is 12.6. The van der Waals surface area contributed by atoms with Crippen molar-refractivity contribution in [2.24, 2.45) is 0 Å². The Balaban J connectivity index is 2.57. The summed E-state index contributed by atoms with van der Waals surface area (Å²) in [5, 5.41) is 2.22. The summed E-state index contributed by atoms with van der Waals surface area (Å²) < 4.78 is 98.4. The molecule has 0 saturated carbocycles. The predicted octanol–water partition coefficient (Wildman–Crippen LogP) is 4.49. The molecule has 1 heterocycles. The van der Waals surface area contributed by atoms with E-state index < -0.39 is 47.7 Å². The highest BCUT2D eigenvalue weighted by Crippen LogP contribution is 2.38. The van der Waals surface area contributed by atoms with Gasteiger partial charge in [-0.05, 0) is 12.1 Å². The smallest absolute Gasteiger partial charge is 0.237 e. The molecule has 2 rings (SSSR count). The number of halogens is 8. The van der Waals surface area contributed by atoms with E-state index in [1.165, 1.54) is 0 Å². The van der Waals surface area contributed by atoms with Crippen molar-refractivity contribution in [3.63, 3.8) is 0 Å². The summed E-state index contributed by atoms with van der Waals surface area (Å²) in [6.07, 6.45) is -3.92. The largest absolute Gasteiger partial charge is 0.502 e. The molecule has 0 aliphatic carbocycles. The SMILES string of the molecule is O=S(=O)(c1cnn(-c2c(Cl)cc(C(F)(F)F)cc2Cl)c1)C(F)(F)F. The van der Waals surface area contributed by atoms with E-state index in [4.69, 9.17) is 23.2 Å². The van der Waals surface area contributed by atoms with Crippen LogP contribution in [0, 0.1) is 0 Å². The Morgan fingerprint density at radius 2 is 1.50 bits per heavy atom. The van der Waals surface area contributed by atoms with Crippen molar-refractivity contribution in [2.75, 3.05) is 0 Å². The third kappa shape index (κ3) is 3.33. The molecule has 24 heavy (non-hydrogen) atoms. The van der Waals surface area contributed by atoms with E-state index in [0.717, 1.165) is 0 Å². The van der Waals surface area contributed by atoms with E-state index in [-0.39, 0.29) is 0 Å². The van der Waals surface area contributed by atoms with Gasteiger partial charge in [-0.15, -0.1) is 0 Å². The van der Waals surface area contributed by atoms with E-state index in [1.807, 2.05) is 0 Å². The van der Waals surface area contributed by atoms with Gasteiger partial charge in [0.25, 0.3) is 9.84 Å². The highest BCUT2D eigenvalue weighted by atomic mass is 35.5. The van der Waals surface area contributed by atoms with Crippen LogP contribution in [0.25, 0.3) is 5.69 Å². The molecular weight excluding hydrogens is 409 g/mol. The molecular formula is C11H4Cl2F6N2O2S. The van der Waals surface area contributed by atoms with Gasteiger partial charge in [-0.25, -0.2) is 13.1 Å². The Labute approximate surface area is 140 Å². The molecule has 132 valence electrons. The van der Waals surface area contributed by atoms with Crippen molar-refractivity contribution in [1.29, 1.82) is 0 Å². The standard InChI is InChI=1S/C11H4Cl2F6N2O2S/c12-7-1-5(10(14,15)16)2-8(13)9(7)21-4-6(3-20-21)24(22,23)11(17,18)19/h1-4H. The topological polar surface area (TPSA) is 52.0 Å². The Bertz CT molecular complexity index is 866. The van der Waals surface area contributed by atoms with Gasteiger partial charge in [0.05, 0.1) is 21.8 Å². The zero-order chi connectivity index (χ0) is 18.5. The van der Waals surface area contributed by atoms with Gasteiger partial charge in [0.2, 0.25) is 0 Å². The van der Waals surface area contributed by atoms with Gasteiger partial charge in [0, 0.05) is 6.20 Å². The highest BCUT2D eigenvalue weighted by molar-refractivity contribution is 7.92. The van der Waals surface area contributed by atoms with Gasteiger partial charge < -0.3 is 0 Å². The van der Waals surface area contributed by atoms with E-state index in [0.29, 0.717) is 29.2 Å². The maximum atomic E-state index is 12.6. The van der Waals surface area contributed by atoms with Crippen molar-refractivity contribution >= 4 is 33.0 Å². The summed E-state index contributed by atoms with van der Waals surface area (Å²) in [6.45, 7) is 0. The summed E-state index contributed by atoms with van der Waals surface area (Å²) >= 11 is 11.3. The summed E-state index contributed by atoms with van der Waals surface area (Å²) in [6, 6.07) is 0.977. The highest BCUT2D eigenvalue weighted by Gasteiger charge is 2.47. The van der Waals surface area contributed by atoms with Crippen LogP contribution in [-0.4, -0.2) is 23.7 Å². The number of rotatable bonds is 2. The van der Waals surface area contributed by atoms with Gasteiger partial charge in [0.1, 0.15) is 10.6 Å². The number of benzene rings is 1. The molecule has 0 radical (unpaired) electrons. The maximum Gasteiger partial charge on any atom is 0.502 e. The molecule has 0 amide bonds. The second-order valence-electron chi connectivity index (χ2n) is 4.36. The van der Waals surface area contributed by atoms with Gasteiger partial charge in [-0.2, -0.15) is 31.4 Å². The number of hydrogen-bond acceptors (Lipinski definition) is 3. The molecule has 1 aromatic carbocycles. The molecule has 0 fully saturated rings. The predicted molar refractivity (Wildman–Crippen MR) is 71.8 cm³/mol. The summed E-state index contributed by atoms with van der Waals surface area (Å²) in [4.78, 5) is -1.21. The monoisotopic (exact) mass is 412 g/mol. The second-order valence-corrected chi connectivity index (χ2v) is 7.11. The van der Waals surface area contributed by atoms with Gasteiger partial charge in [-0.1, -0.05) is 23.2 Å². The summed E-state index contributed by atoms with van der Waals surface area (Å²) in [7, 11) is -5.67. The van der Waals surface area contributed by atoms with Gasteiger partial charge in [0.15, 0.2) is 0 Å². The first kappa shape index (κ1) is 18.9. The lowest BCUT2D eigenvalue weighted by atomic mass is 10.2. The zero-order valence-electron chi connectivity index (χ0n) is 11.0. The van der Waals surface area contributed by atoms with E-state index in [2.05, 4.69) is 5.10 Å². The lowest BCUT2D eigenvalue weighted by molar-refractivity contribution is -0.137. The fourth-order valence-corrected chi connectivity index (χ4v) is 3.00. The summed E-state index contributed by atoms with van der Waals surface area (Å²) in [5.74, 6) is 0. The number of nitrogens with zero attached hydrogens (tertiary/aromatic N) is 2. The van der Waals surface area contributed by atoms with Crippen LogP contribution in [0.1, 0.15) is 5.56 Å². The van der Waals surface area contributed by atoms with Crippen molar-refractivity contribution in [2.45, 2.75) is 16.6 Å². The van der Waals surface area contributed by atoms with Crippen molar-refractivity contribution < 1.29 is 34.8 Å². The third-order valence-corrected chi connectivity index (χ3v) is 4.76. The average molecular weight is 413 g/mol. The Morgan fingerprint density at radius 3 is 1.92 bits per heavy atom. The van der Waals surface area contributed by atoms with Crippen LogP contribution in [-0.2, 0) is 16.0 Å². The fraction of sp³-hybridized carbons (Fsp3) is 0.182. The van der Waals surface area contributed by atoms with Crippen molar-refractivity contribution in [3.05, 3.63) is 40.1 Å². The number of sulfone groups is 1. The van der Waals surface area contributed by atoms with Crippen LogP contribution in [0.3, 0.4) is 0 Å². The van der Waals surface area contributed by atoms with Gasteiger partial charge >= 0.3 is 11.7 Å². The normalized spacial score (nSPS) is 13.3. The molecule has 0 aliphatic rings. The van der Waals surface area contributed by atoms with Crippen LogP contribution < -0.4 is 0 Å². The van der Waals surface area contributed by atoms with Gasteiger partial charge in [-0.3, -0.25) is 0 Å². The van der Waals surface area contributed by atoms with Crippen molar-refractivity contribution in [1.82, 2.24) is 9.78 Å². The molecule has 0 unspecified atom stereocenters. The fourth-order valence-electron chi connectivity index (χ4n) is 1.65. The molecule has 2 aromatic rings. The van der Waals surface area contributed by atoms with E-state index in [1.54, 1.807) is 0 Å². The molecule has 0 saturated heterocycles. The molecule has 0 N–H and O–H groups in total. The number of hydrogen-bond donors (Lipinski definition) is 0. The molecule has 1 aromatic heterocycles. The van der Waals surface area contributed by atoms with Crippen LogP contribution in [0.2, 0.25) is 10.0 Å². The van der Waals surface area contributed by atoms with Crippen LogP contribution >= 0.6 is 23.2 Å². The minimum absolute atomic E-state index is 0.382. The van der Waals surface area contributed by atoms with E-state index >= 15 is 0 Å². The first-order valence-electron chi connectivity index (χ1n) is 5.68. The zero-order valence-corrected chi connectivity index (χ0v) is 13.3. The molecule has 0 spiro atoms. The number of aromatic nitrogens is 2. The van der Waals surface area contributed by atoms with Crippen LogP contribution in [0.15, 0.2) is 29.4 Å². The number of alkyl halides is 6. The molecule has 0 aliphatic heterocycles. The lowest BCUT2D eigenvalue weighted by Gasteiger charge is -2.12. The summed E-state index contributed by atoms with van der Waals surface area (Å²) in [5.41, 5.74) is -7.14. The third-order valence-electron chi connectivity index (χ3n) is 2.75. The first-order valence-corrected chi connectivity index (χ1v) is 7.91. The van der Waals surface area contributed by atoms with Crippen LogP contribution in [0.4, 0.5) is 26.3 Å².